The van der Waals surface area contributed by atoms with Crippen molar-refractivity contribution in [3.05, 3.63) is 49.8 Å². The van der Waals surface area contributed by atoms with Crippen LogP contribution in [-0.4, -0.2) is 9.91 Å². The lowest BCUT2D eigenvalue weighted by Gasteiger charge is -2.24. The Morgan fingerprint density at radius 1 is 1.50 bits per heavy atom. The molecule has 0 amide bonds. The summed E-state index contributed by atoms with van der Waals surface area (Å²) < 4.78 is 0. The number of fused-ring (bicyclic) bond motifs is 1. The highest BCUT2D eigenvalue weighted by Gasteiger charge is 2.25. The molecule has 0 saturated heterocycles. The molecule has 2 aromatic rings. The van der Waals surface area contributed by atoms with Crippen molar-refractivity contribution in [2.24, 2.45) is 0 Å². The summed E-state index contributed by atoms with van der Waals surface area (Å²) >= 11 is 1.76. The topological polar surface area (TPSA) is 68.1 Å². The number of nitro groups is 1. The van der Waals surface area contributed by atoms with E-state index < -0.39 is 0 Å². The quantitative estimate of drug-likeness (QED) is 0.688. The van der Waals surface area contributed by atoms with Gasteiger partial charge in [0.2, 0.25) is 5.82 Å². The molecule has 20 heavy (non-hydrogen) atoms. The molecule has 3 rings (SSSR count). The third kappa shape index (κ3) is 2.27. The number of aryl methyl sites for hydroxylation is 2. The standard InChI is InChI=1S/C14H15N3O2S/c1-9-5-7-15-14(13(9)17(18)19)16-11-3-2-4-12-10(11)6-8-20-12/h5-8,11H,2-4H2,1H3,(H,15,16). The lowest BCUT2D eigenvalue weighted by molar-refractivity contribution is -0.384. The highest BCUT2D eigenvalue weighted by Crippen LogP contribution is 2.37. The first-order chi connectivity index (χ1) is 9.66. The fourth-order valence-electron chi connectivity index (χ4n) is 2.69. The molecular formula is C14H15N3O2S. The van der Waals surface area contributed by atoms with E-state index in [1.165, 1.54) is 10.4 Å². The van der Waals surface area contributed by atoms with Gasteiger partial charge in [-0.15, -0.1) is 11.3 Å². The Kier molecular flexibility index (Phi) is 3.40. The van der Waals surface area contributed by atoms with Gasteiger partial charge in [0.25, 0.3) is 0 Å². The summed E-state index contributed by atoms with van der Waals surface area (Å²) in [6, 6.07) is 3.90. The van der Waals surface area contributed by atoms with Crippen molar-refractivity contribution in [1.82, 2.24) is 4.98 Å². The zero-order valence-electron chi connectivity index (χ0n) is 11.1. The maximum atomic E-state index is 11.2. The van der Waals surface area contributed by atoms with Crippen LogP contribution in [0.15, 0.2) is 23.7 Å². The summed E-state index contributed by atoms with van der Waals surface area (Å²) in [6.45, 7) is 1.74. The zero-order valence-corrected chi connectivity index (χ0v) is 11.9. The third-order valence-corrected chi connectivity index (χ3v) is 4.67. The molecule has 0 bridgehead atoms. The van der Waals surface area contributed by atoms with Crippen LogP contribution >= 0.6 is 11.3 Å². The van der Waals surface area contributed by atoms with Crippen LogP contribution in [0.2, 0.25) is 0 Å². The summed E-state index contributed by atoms with van der Waals surface area (Å²) in [4.78, 5) is 16.4. The fraction of sp³-hybridized carbons (Fsp3) is 0.357. The van der Waals surface area contributed by atoms with Gasteiger partial charge in [-0.05, 0) is 49.3 Å². The average molecular weight is 289 g/mol. The highest BCUT2D eigenvalue weighted by atomic mass is 32.1. The molecule has 0 saturated carbocycles. The molecule has 1 atom stereocenters. The molecule has 0 fully saturated rings. The van der Waals surface area contributed by atoms with E-state index in [2.05, 4.69) is 21.7 Å². The van der Waals surface area contributed by atoms with Crippen LogP contribution in [0.3, 0.4) is 0 Å². The molecule has 2 aromatic heterocycles. The van der Waals surface area contributed by atoms with E-state index in [4.69, 9.17) is 0 Å². The molecular weight excluding hydrogens is 274 g/mol. The van der Waals surface area contributed by atoms with Crippen molar-refractivity contribution in [2.75, 3.05) is 5.32 Å². The fourth-order valence-corrected chi connectivity index (χ4v) is 3.68. The van der Waals surface area contributed by atoms with Crippen molar-refractivity contribution in [1.29, 1.82) is 0 Å². The van der Waals surface area contributed by atoms with Crippen molar-refractivity contribution in [3.63, 3.8) is 0 Å². The largest absolute Gasteiger partial charge is 0.357 e. The SMILES string of the molecule is Cc1ccnc(NC2CCCc3sccc32)c1[N+](=O)[O-]. The Labute approximate surface area is 120 Å². The van der Waals surface area contributed by atoms with Gasteiger partial charge in [-0.3, -0.25) is 10.1 Å². The van der Waals surface area contributed by atoms with Crippen molar-refractivity contribution >= 4 is 22.8 Å². The smallest absolute Gasteiger partial charge is 0.314 e. The Balaban J connectivity index is 1.94. The van der Waals surface area contributed by atoms with Crippen LogP contribution in [0, 0.1) is 17.0 Å². The van der Waals surface area contributed by atoms with E-state index in [-0.39, 0.29) is 16.7 Å². The second kappa shape index (κ2) is 5.20. The van der Waals surface area contributed by atoms with Crippen LogP contribution in [0.5, 0.6) is 0 Å². The normalized spacial score (nSPS) is 17.6. The number of hydrogen-bond donors (Lipinski definition) is 1. The maximum absolute atomic E-state index is 11.2. The molecule has 1 unspecified atom stereocenters. The lowest BCUT2D eigenvalue weighted by atomic mass is 9.94. The zero-order chi connectivity index (χ0) is 14.1. The van der Waals surface area contributed by atoms with Gasteiger partial charge in [-0.25, -0.2) is 4.98 Å². The molecule has 104 valence electrons. The van der Waals surface area contributed by atoms with Crippen LogP contribution in [0.4, 0.5) is 11.5 Å². The molecule has 6 heteroatoms. The Morgan fingerprint density at radius 2 is 2.35 bits per heavy atom. The Morgan fingerprint density at radius 3 is 3.15 bits per heavy atom. The summed E-state index contributed by atoms with van der Waals surface area (Å²) in [6.07, 6.45) is 4.80. The Hall–Kier alpha value is -1.95. The first kappa shape index (κ1) is 13.1. The number of anilines is 1. The number of thiophene rings is 1. The van der Waals surface area contributed by atoms with Gasteiger partial charge >= 0.3 is 5.69 Å². The van der Waals surface area contributed by atoms with Crippen molar-refractivity contribution < 1.29 is 4.92 Å². The van der Waals surface area contributed by atoms with E-state index in [0.717, 1.165) is 19.3 Å². The van der Waals surface area contributed by atoms with Gasteiger partial charge in [-0.2, -0.15) is 0 Å². The van der Waals surface area contributed by atoms with E-state index in [1.54, 1.807) is 30.5 Å². The molecule has 0 spiro atoms. The number of pyridine rings is 1. The second-order valence-corrected chi connectivity index (χ2v) is 5.97. The van der Waals surface area contributed by atoms with Gasteiger partial charge in [0.05, 0.1) is 11.0 Å². The number of aromatic nitrogens is 1. The maximum Gasteiger partial charge on any atom is 0.314 e. The molecule has 1 aliphatic carbocycles. The average Bonchev–Trinajstić information content (AvgIpc) is 2.87. The summed E-state index contributed by atoms with van der Waals surface area (Å²) in [7, 11) is 0. The van der Waals surface area contributed by atoms with Crippen LogP contribution in [0.1, 0.15) is 34.9 Å². The van der Waals surface area contributed by atoms with Gasteiger partial charge < -0.3 is 5.32 Å². The molecule has 1 aliphatic rings. The molecule has 5 nitrogen and oxygen atoms in total. The van der Waals surface area contributed by atoms with Crippen LogP contribution in [0.25, 0.3) is 0 Å². The second-order valence-electron chi connectivity index (χ2n) is 4.97. The van der Waals surface area contributed by atoms with Crippen LogP contribution in [-0.2, 0) is 6.42 Å². The van der Waals surface area contributed by atoms with Crippen molar-refractivity contribution in [3.8, 4) is 0 Å². The summed E-state index contributed by atoms with van der Waals surface area (Å²) in [5.74, 6) is 0.374. The van der Waals surface area contributed by atoms with Gasteiger partial charge in [0.1, 0.15) is 0 Å². The summed E-state index contributed by atoms with van der Waals surface area (Å²) in [5, 5.41) is 16.6. The lowest BCUT2D eigenvalue weighted by Crippen LogP contribution is -2.17. The predicted molar refractivity (Wildman–Crippen MR) is 79.2 cm³/mol. The monoisotopic (exact) mass is 289 g/mol. The number of rotatable bonds is 3. The van der Waals surface area contributed by atoms with Gasteiger partial charge in [-0.1, -0.05) is 0 Å². The molecule has 2 heterocycles. The highest BCUT2D eigenvalue weighted by molar-refractivity contribution is 7.10. The number of nitrogens with one attached hydrogen (secondary N) is 1. The van der Waals surface area contributed by atoms with Crippen molar-refractivity contribution in [2.45, 2.75) is 32.2 Å². The third-order valence-electron chi connectivity index (χ3n) is 3.67. The predicted octanol–water partition coefficient (Wildman–Crippen LogP) is 3.85. The minimum atomic E-state index is -0.359. The first-order valence-electron chi connectivity index (χ1n) is 6.59. The minimum absolute atomic E-state index is 0.0786. The minimum Gasteiger partial charge on any atom is -0.357 e. The summed E-state index contributed by atoms with van der Waals surface area (Å²) in [5.41, 5.74) is 1.97. The molecule has 0 radical (unpaired) electrons. The molecule has 1 N–H and O–H groups in total. The van der Waals surface area contributed by atoms with E-state index in [9.17, 15) is 10.1 Å². The van der Waals surface area contributed by atoms with E-state index in [1.807, 2.05) is 0 Å². The Bertz CT molecular complexity index is 654. The first-order valence-corrected chi connectivity index (χ1v) is 7.47. The van der Waals surface area contributed by atoms with Gasteiger partial charge in [0, 0.05) is 16.6 Å². The number of nitrogens with zero attached hydrogens (tertiary/aromatic N) is 2. The van der Waals surface area contributed by atoms with Gasteiger partial charge in [0.15, 0.2) is 0 Å². The van der Waals surface area contributed by atoms with E-state index in [0.29, 0.717) is 11.4 Å². The molecule has 0 aromatic carbocycles. The van der Waals surface area contributed by atoms with Crippen LogP contribution < -0.4 is 5.32 Å². The molecule has 0 aliphatic heterocycles. The van der Waals surface area contributed by atoms with E-state index >= 15 is 0 Å². The number of hydrogen-bond acceptors (Lipinski definition) is 5.